The molecule has 0 atom stereocenters. The number of nitrogens with zero attached hydrogens (tertiary/aromatic N) is 2. The van der Waals surface area contributed by atoms with E-state index < -0.39 is 0 Å². The zero-order valence-corrected chi connectivity index (χ0v) is 13.4. The van der Waals surface area contributed by atoms with E-state index in [1.165, 1.54) is 16.5 Å². The van der Waals surface area contributed by atoms with Gasteiger partial charge in [0, 0.05) is 17.7 Å². The van der Waals surface area contributed by atoms with Crippen molar-refractivity contribution in [3.8, 4) is 5.75 Å². The average molecular weight is 303 g/mol. The maximum Gasteiger partial charge on any atom is 0.212 e. The summed E-state index contributed by atoms with van der Waals surface area (Å²) in [6, 6.07) is 18.8. The van der Waals surface area contributed by atoms with Gasteiger partial charge >= 0.3 is 0 Å². The molecule has 0 bridgehead atoms. The van der Waals surface area contributed by atoms with Gasteiger partial charge in [0.25, 0.3) is 0 Å². The smallest absolute Gasteiger partial charge is 0.212 e. The highest BCUT2D eigenvalue weighted by molar-refractivity contribution is 5.93. The van der Waals surface area contributed by atoms with Crippen LogP contribution in [0.25, 0.3) is 22.7 Å². The van der Waals surface area contributed by atoms with Crippen LogP contribution in [-0.4, -0.2) is 11.6 Å². The Bertz CT molecular complexity index is 914. The Balaban J connectivity index is 1.92. The van der Waals surface area contributed by atoms with Gasteiger partial charge < -0.3 is 4.84 Å². The van der Waals surface area contributed by atoms with Crippen LogP contribution in [0.4, 0.5) is 0 Å². The predicted molar refractivity (Wildman–Crippen MR) is 92.4 cm³/mol. The van der Waals surface area contributed by atoms with Crippen molar-refractivity contribution < 1.29 is 9.40 Å². The van der Waals surface area contributed by atoms with Gasteiger partial charge in [-0.2, -0.15) is 0 Å². The summed E-state index contributed by atoms with van der Waals surface area (Å²) in [5, 5.41) is 3.19. The highest BCUT2D eigenvalue weighted by Crippen LogP contribution is 2.37. The fourth-order valence-corrected chi connectivity index (χ4v) is 3.11. The largest absolute Gasteiger partial charge is 0.379 e. The minimum Gasteiger partial charge on any atom is -0.379 e. The van der Waals surface area contributed by atoms with Crippen molar-refractivity contribution in [2.24, 2.45) is 7.05 Å². The Morgan fingerprint density at radius 1 is 1.04 bits per heavy atom. The molecule has 0 saturated heterocycles. The normalized spacial score (nSPS) is 15.0. The lowest BCUT2D eigenvalue weighted by Gasteiger charge is -2.16. The van der Waals surface area contributed by atoms with Gasteiger partial charge in [0.1, 0.15) is 7.05 Å². The quantitative estimate of drug-likeness (QED) is 0.670. The first kappa shape index (κ1) is 13.8. The number of aryl methyl sites for hydroxylation is 1. The second-order valence-corrected chi connectivity index (χ2v) is 5.71. The fourth-order valence-electron chi connectivity index (χ4n) is 3.11. The number of benzene rings is 2. The molecule has 0 amide bonds. The number of fused-ring (bicyclic) bond motifs is 2. The lowest BCUT2D eigenvalue weighted by molar-refractivity contribution is -0.644. The third-order valence-electron chi connectivity index (χ3n) is 4.29. The second kappa shape index (κ2) is 5.43. The molecule has 3 aromatic rings. The third kappa shape index (κ3) is 2.25. The van der Waals surface area contributed by atoms with E-state index in [9.17, 15) is 0 Å². The van der Waals surface area contributed by atoms with Crippen molar-refractivity contribution in [3.63, 3.8) is 0 Å². The molecule has 2 aromatic carbocycles. The zero-order valence-electron chi connectivity index (χ0n) is 13.4. The minimum atomic E-state index is 0.805. The van der Waals surface area contributed by atoms with E-state index in [0.717, 1.165) is 23.6 Å². The Labute approximate surface area is 136 Å². The van der Waals surface area contributed by atoms with Gasteiger partial charge in [-0.15, -0.1) is 0 Å². The van der Waals surface area contributed by atoms with Crippen molar-refractivity contribution >= 4 is 22.7 Å². The molecular formula is C20H19N2O+. The Morgan fingerprint density at radius 3 is 2.70 bits per heavy atom. The van der Waals surface area contributed by atoms with Crippen molar-refractivity contribution in [3.05, 3.63) is 71.9 Å². The lowest BCUT2D eigenvalue weighted by Crippen LogP contribution is -2.28. The van der Waals surface area contributed by atoms with Crippen LogP contribution in [0.2, 0.25) is 0 Å². The number of para-hydroxylation sites is 2. The van der Waals surface area contributed by atoms with E-state index in [1.807, 2.05) is 17.2 Å². The Hall–Kier alpha value is -2.81. The van der Waals surface area contributed by atoms with Gasteiger partial charge in [0.15, 0.2) is 11.9 Å². The number of hydrogen-bond donors (Lipinski definition) is 0. The fraction of sp³-hybridized carbons (Fsp3) is 0.150. The molecule has 0 aliphatic carbocycles. The molecule has 1 aliphatic heterocycles. The molecule has 0 unspecified atom stereocenters. The number of aromatic nitrogens is 1. The molecule has 0 spiro atoms. The van der Waals surface area contributed by atoms with Crippen LogP contribution in [0.1, 0.15) is 18.1 Å². The summed E-state index contributed by atoms with van der Waals surface area (Å²) in [5.74, 6) is 0.923. The lowest BCUT2D eigenvalue weighted by atomic mass is 10.0. The summed E-state index contributed by atoms with van der Waals surface area (Å²) in [6.07, 6.45) is 4.32. The molecule has 4 rings (SSSR count). The van der Waals surface area contributed by atoms with Gasteiger partial charge in [-0.05, 0) is 36.8 Å². The number of hydrogen-bond acceptors (Lipinski definition) is 2. The summed E-state index contributed by atoms with van der Waals surface area (Å²) in [5.41, 5.74) is 4.68. The predicted octanol–water partition coefficient (Wildman–Crippen LogP) is 3.79. The van der Waals surface area contributed by atoms with Gasteiger partial charge in [0.05, 0.1) is 17.6 Å². The van der Waals surface area contributed by atoms with Gasteiger partial charge in [-0.1, -0.05) is 24.3 Å². The van der Waals surface area contributed by atoms with E-state index >= 15 is 0 Å². The van der Waals surface area contributed by atoms with Crippen molar-refractivity contribution in [1.29, 1.82) is 0 Å². The Kier molecular flexibility index (Phi) is 3.27. The van der Waals surface area contributed by atoms with Gasteiger partial charge in [0.2, 0.25) is 5.52 Å². The van der Waals surface area contributed by atoms with Crippen molar-refractivity contribution in [2.75, 3.05) is 6.54 Å². The molecule has 3 nitrogen and oxygen atoms in total. The number of hydroxylamine groups is 2. The van der Waals surface area contributed by atoms with Crippen LogP contribution in [0.3, 0.4) is 0 Å². The standard InChI is InChI=1S/C20H19N2O/c1-3-22-19(17-9-5-7-11-20(17)23-22)14-15-12-13-21(2)18-10-6-4-8-16(15)18/h4-14H,3H2,1-2H3/q+1. The molecule has 114 valence electrons. The number of rotatable bonds is 2. The third-order valence-corrected chi connectivity index (χ3v) is 4.29. The summed E-state index contributed by atoms with van der Waals surface area (Å²) in [7, 11) is 2.07. The highest BCUT2D eigenvalue weighted by Gasteiger charge is 2.24. The Morgan fingerprint density at radius 2 is 1.83 bits per heavy atom. The first-order valence-electron chi connectivity index (χ1n) is 7.92. The molecule has 0 N–H and O–H groups in total. The maximum atomic E-state index is 5.94. The average Bonchev–Trinajstić information content (AvgIpc) is 2.95. The first-order chi connectivity index (χ1) is 11.3. The maximum absolute atomic E-state index is 5.94. The summed E-state index contributed by atoms with van der Waals surface area (Å²) in [4.78, 5) is 5.94. The van der Waals surface area contributed by atoms with Crippen molar-refractivity contribution in [2.45, 2.75) is 6.92 Å². The first-order valence-corrected chi connectivity index (χ1v) is 7.92. The molecule has 0 fully saturated rings. The minimum absolute atomic E-state index is 0.805. The van der Waals surface area contributed by atoms with E-state index in [1.54, 1.807) is 0 Å². The molecule has 1 aromatic heterocycles. The van der Waals surface area contributed by atoms with E-state index in [2.05, 4.69) is 73.3 Å². The zero-order chi connectivity index (χ0) is 15.8. The summed E-state index contributed by atoms with van der Waals surface area (Å²) < 4.78 is 2.15. The van der Waals surface area contributed by atoms with Crippen molar-refractivity contribution in [1.82, 2.24) is 5.06 Å². The topological polar surface area (TPSA) is 16.4 Å². The highest BCUT2D eigenvalue weighted by atomic mass is 16.7. The summed E-state index contributed by atoms with van der Waals surface area (Å²) >= 11 is 0. The van der Waals surface area contributed by atoms with Crippen LogP contribution in [-0.2, 0) is 7.05 Å². The summed E-state index contributed by atoms with van der Waals surface area (Å²) in [6.45, 7) is 2.90. The van der Waals surface area contributed by atoms with Crippen LogP contribution < -0.4 is 9.40 Å². The molecule has 0 radical (unpaired) electrons. The van der Waals surface area contributed by atoms with E-state index in [0.29, 0.717) is 0 Å². The molecule has 2 heterocycles. The van der Waals surface area contributed by atoms with Gasteiger partial charge in [-0.3, -0.25) is 0 Å². The van der Waals surface area contributed by atoms with Crippen LogP contribution in [0, 0.1) is 0 Å². The van der Waals surface area contributed by atoms with E-state index in [4.69, 9.17) is 4.84 Å². The molecule has 23 heavy (non-hydrogen) atoms. The SMILES string of the molecule is CCN1Oc2ccccc2/C1=C/c1cc[n+](C)c2ccccc12. The molecular weight excluding hydrogens is 284 g/mol. The second-order valence-electron chi connectivity index (χ2n) is 5.71. The van der Waals surface area contributed by atoms with E-state index in [-0.39, 0.29) is 0 Å². The van der Waals surface area contributed by atoms with Crippen LogP contribution >= 0.6 is 0 Å². The number of pyridine rings is 1. The monoisotopic (exact) mass is 303 g/mol. The molecule has 1 aliphatic rings. The van der Waals surface area contributed by atoms with Crippen LogP contribution in [0.15, 0.2) is 60.8 Å². The molecule has 0 saturated carbocycles. The molecule has 3 heteroatoms. The van der Waals surface area contributed by atoms with Crippen LogP contribution in [0.5, 0.6) is 5.75 Å². The van der Waals surface area contributed by atoms with Gasteiger partial charge in [-0.25, -0.2) is 9.63 Å².